The standard InChI is InChI=1S/C19H21N3O3S2/c23-27(24,22-19-9-3-7-17-6-1-2-8-18(17)19)12-11-25-15-26-21-14-16-5-4-10-20-13-16/h1-10,13,15,21-22,26H,11-12,14H2. The topological polar surface area (TPSA) is 80.3 Å². The minimum atomic E-state index is -3.49. The summed E-state index contributed by atoms with van der Waals surface area (Å²) in [6.45, 7) is 0.748. The van der Waals surface area contributed by atoms with Crippen molar-refractivity contribution in [3.05, 3.63) is 72.6 Å². The fourth-order valence-electron chi connectivity index (χ4n) is 2.46. The van der Waals surface area contributed by atoms with Gasteiger partial charge in [0.15, 0.2) is 0 Å². The second-order valence-electron chi connectivity index (χ2n) is 5.75. The van der Waals surface area contributed by atoms with Crippen LogP contribution in [0.5, 0.6) is 0 Å². The first-order valence-corrected chi connectivity index (χ1v) is 11.0. The van der Waals surface area contributed by atoms with Crippen molar-refractivity contribution in [1.29, 1.82) is 0 Å². The summed E-state index contributed by atoms with van der Waals surface area (Å²) in [7, 11) is -3.49. The smallest absolute Gasteiger partial charge is 0.235 e. The van der Waals surface area contributed by atoms with Gasteiger partial charge in [-0.25, -0.2) is 8.42 Å². The molecule has 1 heterocycles. The van der Waals surface area contributed by atoms with E-state index in [2.05, 4.69) is 14.4 Å². The summed E-state index contributed by atoms with van der Waals surface area (Å²) in [6.07, 6.45) is 3.51. The molecule has 27 heavy (non-hydrogen) atoms. The van der Waals surface area contributed by atoms with Crippen LogP contribution < -0.4 is 9.44 Å². The molecule has 0 fully saturated rings. The first-order chi connectivity index (χ1) is 13.1. The van der Waals surface area contributed by atoms with Gasteiger partial charge in [-0.1, -0.05) is 42.5 Å². The van der Waals surface area contributed by atoms with Gasteiger partial charge in [-0.2, -0.15) is 0 Å². The average molecular weight is 404 g/mol. The number of aromatic nitrogens is 1. The molecule has 0 saturated carbocycles. The van der Waals surface area contributed by atoms with Gasteiger partial charge in [0, 0.05) is 24.3 Å². The van der Waals surface area contributed by atoms with Gasteiger partial charge in [0.1, 0.15) is 0 Å². The van der Waals surface area contributed by atoms with Crippen molar-refractivity contribution in [2.45, 2.75) is 6.54 Å². The summed E-state index contributed by atoms with van der Waals surface area (Å²) in [6, 6.07) is 17.0. The van der Waals surface area contributed by atoms with Gasteiger partial charge < -0.3 is 4.74 Å². The molecule has 0 saturated heterocycles. The minimum absolute atomic E-state index is 0.0850. The summed E-state index contributed by atoms with van der Waals surface area (Å²) in [4.78, 5) is 4.04. The van der Waals surface area contributed by atoms with Crippen LogP contribution in [0.2, 0.25) is 0 Å². The van der Waals surface area contributed by atoms with Crippen molar-refractivity contribution < 1.29 is 13.2 Å². The number of nitrogens with one attached hydrogen (secondary N) is 2. The lowest BCUT2D eigenvalue weighted by Gasteiger charge is -2.10. The predicted octanol–water partition coefficient (Wildman–Crippen LogP) is 2.92. The number of fused-ring (bicyclic) bond motifs is 1. The predicted molar refractivity (Wildman–Crippen MR) is 113 cm³/mol. The molecular weight excluding hydrogens is 382 g/mol. The fourth-order valence-corrected chi connectivity index (χ4v) is 3.92. The van der Waals surface area contributed by atoms with Crippen LogP contribution in [-0.4, -0.2) is 31.3 Å². The van der Waals surface area contributed by atoms with Crippen LogP contribution in [0.15, 0.2) is 67.0 Å². The number of benzene rings is 2. The zero-order valence-electron chi connectivity index (χ0n) is 14.6. The average Bonchev–Trinajstić information content (AvgIpc) is 2.68. The van der Waals surface area contributed by atoms with Crippen LogP contribution in [-0.2, 0) is 21.3 Å². The maximum absolute atomic E-state index is 12.3. The zero-order chi connectivity index (χ0) is 19.0. The number of hydrogen-bond donors (Lipinski definition) is 3. The van der Waals surface area contributed by atoms with Gasteiger partial charge in [0.2, 0.25) is 10.0 Å². The highest BCUT2D eigenvalue weighted by atomic mass is 32.2. The van der Waals surface area contributed by atoms with Gasteiger partial charge in [-0.05, 0) is 23.1 Å². The molecule has 6 nitrogen and oxygen atoms in total. The largest absolute Gasteiger partial charge is 0.346 e. The SMILES string of the molecule is O=S(=O)(CCOC=[SH]NCc1cccnc1)Nc1cccc2ccccc12. The van der Waals surface area contributed by atoms with Crippen molar-refractivity contribution in [2.75, 3.05) is 17.1 Å². The van der Waals surface area contributed by atoms with Gasteiger partial charge >= 0.3 is 0 Å². The number of ether oxygens (including phenoxy) is 1. The molecule has 3 rings (SSSR count). The number of pyridine rings is 1. The molecule has 2 aromatic carbocycles. The Kier molecular flexibility index (Phi) is 6.94. The molecule has 8 heteroatoms. The molecule has 0 atom stereocenters. The van der Waals surface area contributed by atoms with Crippen molar-refractivity contribution in [3.63, 3.8) is 0 Å². The Bertz CT molecular complexity index is 1000. The summed E-state index contributed by atoms with van der Waals surface area (Å²) in [5.41, 5.74) is 3.19. The van der Waals surface area contributed by atoms with Crippen molar-refractivity contribution >= 4 is 43.6 Å². The minimum Gasteiger partial charge on any atom is -0.346 e. The van der Waals surface area contributed by atoms with E-state index < -0.39 is 10.0 Å². The van der Waals surface area contributed by atoms with E-state index in [9.17, 15) is 8.42 Å². The molecular formula is C19H21N3O3S2. The lowest BCUT2D eigenvalue weighted by atomic mass is 10.1. The van der Waals surface area contributed by atoms with E-state index in [1.807, 2.05) is 48.5 Å². The molecule has 0 aliphatic heterocycles. The normalized spacial score (nSPS) is 12.1. The van der Waals surface area contributed by atoms with Crippen LogP contribution in [0.3, 0.4) is 0 Å². The molecule has 0 amide bonds. The van der Waals surface area contributed by atoms with Crippen LogP contribution in [0.25, 0.3) is 10.8 Å². The van der Waals surface area contributed by atoms with Crippen LogP contribution in [0, 0.1) is 0 Å². The molecule has 0 bridgehead atoms. The summed E-state index contributed by atoms with van der Waals surface area (Å²) in [5.74, 6) is -0.120. The van der Waals surface area contributed by atoms with Crippen molar-refractivity contribution in [1.82, 2.24) is 9.71 Å². The highest BCUT2D eigenvalue weighted by Gasteiger charge is 2.11. The molecule has 142 valence electrons. The Morgan fingerprint density at radius 2 is 1.93 bits per heavy atom. The van der Waals surface area contributed by atoms with E-state index in [4.69, 9.17) is 4.74 Å². The van der Waals surface area contributed by atoms with E-state index in [0.717, 1.165) is 27.9 Å². The van der Waals surface area contributed by atoms with Crippen molar-refractivity contribution in [2.24, 2.45) is 0 Å². The second-order valence-corrected chi connectivity index (χ2v) is 8.38. The van der Waals surface area contributed by atoms with E-state index in [1.165, 1.54) is 0 Å². The first kappa shape index (κ1) is 19.5. The molecule has 1 aromatic heterocycles. The Labute approximate surface area is 162 Å². The van der Waals surface area contributed by atoms with Crippen molar-refractivity contribution in [3.8, 4) is 0 Å². The van der Waals surface area contributed by atoms with Gasteiger partial charge in [0.05, 0.1) is 23.6 Å². The lowest BCUT2D eigenvalue weighted by molar-refractivity contribution is 0.352. The Morgan fingerprint density at radius 1 is 1.07 bits per heavy atom. The maximum Gasteiger partial charge on any atom is 0.235 e. The zero-order valence-corrected chi connectivity index (χ0v) is 16.3. The molecule has 0 aliphatic rings. The van der Waals surface area contributed by atoms with Crippen LogP contribution in [0.1, 0.15) is 5.56 Å². The highest BCUT2D eigenvalue weighted by molar-refractivity contribution is 7.95. The maximum atomic E-state index is 12.3. The van der Waals surface area contributed by atoms with E-state index >= 15 is 0 Å². The molecule has 0 radical (unpaired) electrons. The molecule has 0 unspecified atom stereocenters. The number of thiol groups is 1. The number of rotatable bonds is 9. The monoisotopic (exact) mass is 403 g/mol. The van der Waals surface area contributed by atoms with E-state index in [-0.39, 0.29) is 12.4 Å². The number of hydrogen-bond acceptors (Lipinski definition) is 5. The van der Waals surface area contributed by atoms with Crippen LogP contribution >= 0.6 is 11.5 Å². The van der Waals surface area contributed by atoms with Crippen LogP contribution in [0.4, 0.5) is 5.69 Å². The Balaban J connectivity index is 1.45. The quantitative estimate of drug-likeness (QED) is 0.291. The Hall–Kier alpha value is -2.26. The van der Waals surface area contributed by atoms with Gasteiger partial charge in [0.25, 0.3) is 0 Å². The summed E-state index contributed by atoms with van der Waals surface area (Å²) < 4.78 is 35.7. The van der Waals surface area contributed by atoms with Gasteiger partial charge in [-0.3, -0.25) is 14.4 Å². The second kappa shape index (κ2) is 9.61. The third-order valence-electron chi connectivity index (χ3n) is 3.75. The molecule has 3 aromatic rings. The number of nitrogens with zero attached hydrogens (tertiary/aromatic N) is 1. The molecule has 0 aliphatic carbocycles. The number of anilines is 1. The van der Waals surface area contributed by atoms with E-state index in [0.29, 0.717) is 12.2 Å². The number of sulfonamides is 1. The first-order valence-electron chi connectivity index (χ1n) is 8.37. The highest BCUT2D eigenvalue weighted by Crippen LogP contribution is 2.23. The third-order valence-corrected chi connectivity index (χ3v) is 5.58. The lowest BCUT2D eigenvalue weighted by Crippen LogP contribution is -2.20. The summed E-state index contributed by atoms with van der Waals surface area (Å²) in [5, 5.41) is 1.86. The summed E-state index contributed by atoms with van der Waals surface area (Å²) >= 11 is 0.768. The Morgan fingerprint density at radius 3 is 2.78 bits per heavy atom. The molecule has 2 N–H and O–H groups in total. The van der Waals surface area contributed by atoms with Gasteiger partial charge in [-0.15, -0.1) is 11.5 Å². The molecule has 0 spiro atoms. The third kappa shape index (κ3) is 6.14. The van der Waals surface area contributed by atoms with E-state index in [1.54, 1.807) is 24.0 Å². The fraction of sp³-hybridized carbons (Fsp3) is 0.158.